The second-order valence-corrected chi connectivity index (χ2v) is 3.18. The second kappa shape index (κ2) is 5.98. The number of aliphatic imine (C=N–C) groups is 1. The molecule has 3 nitrogen and oxygen atoms in total. The van der Waals surface area contributed by atoms with E-state index in [9.17, 15) is 5.11 Å². The molecular weight excluding hydrogens is 288 g/mol. The first kappa shape index (κ1) is 11.4. The first-order chi connectivity index (χ1) is 5.67. The normalized spacial score (nSPS) is 13.2. The lowest BCUT2D eigenvalue weighted by molar-refractivity contribution is 0.425. The summed E-state index contributed by atoms with van der Waals surface area (Å²) in [7, 11) is 0. The van der Waals surface area contributed by atoms with Gasteiger partial charge in [-0.05, 0) is 22.6 Å². The number of nitriles is 1. The second-order valence-electron chi connectivity index (χ2n) is 1.67. The predicted octanol–water partition coefficient (Wildman–Crippen LogP) is 2.65. The van der Waals surface area contributed by atoms with E-state index in [0.717, 1.165) is 0 Å². The zero-order valence-corrected chi connectivity index (χ0v) is 9.26. The average Bonchev–Trinajstić information content (AvgIpc) is 2.07. The van der Waals surface area contributed by atoms with Crippen LogP contribution in [-0.2, 0) is 0 Å². The van der Waals surface area contributed by atoms with Crippen LogP contribution in [0, 0.1) is 11.3 Å². The lowest BCUT2D eigenvalue weighted by Gasteiger charge is -1.96. The maximum absolute atomic E-state index is 9.30. The Morgan fingerprint density at radius 2 is 2.33 bits per heavy atom. The Hall–Kier alpha value is -0.600. The van der Waals surface area contributed by atoms with Crippen molar-refractivity contribution in [2.24, 2.45) is 4.99 Å². The van der Waals surface area contributed by atoms with Crippen LogP contribution in [-0.4, -0.2) is 17.2 Å². The van der Waals surface area contributed by atoms with Gasteiger partial charge in [-0.1, -0.05) is 22.0 Å². The molecule has 64 valence electrons. The van der Waals surface area contributed by atoms with Gasteiger partial charge in [-0.25, -0.2) is 4.99 Å². The van der Waals surface area contributed by atoms with Gasteiger partial charge in [0.15, 0.2) is 11.5 Å². The van der Waals surface area contributed by atoms with E-state index >= 15 is 0 Å². The van der Waals surface area contributed by atoms with E-state index in [4.69, 9.17) is 5.26 Å². The van der Waals surface area contributed by atoms with Gasteiger partial charge >= 0.3 is 0 Å². The SMILES string of the molecule is C=N/C(C#N)=C(O)\C(Br)=C/CBr. The lowest BCUT2D eigenvalue weighted by atomic mass is 10.3. The Labute approximate surface area is 87.4 Å². The molecule has 0 bridgehead atoms. The minimum Gasteiger partial charge on any atom is -0.504 e. The molecule has 5 heteroatoms. The molecule has 0 amide bonds. The number of nitrogens with zero attached hydrogens (tertiary/aromatic N) is 2. The molecule has 0 aromatic rings. The molecule has 0 heterocycles. The Balaban J connectivity index is 4.90. The zero-order chi connectivity index (χ0) is 9.56. The number of aliphatic hydroxyl groups excluding tert-OH is 1. The maximum Gasteiger partial charge on any atom is 0.182 e. The average molecular weight is 294 g/mol. The highest BCUT2D eigenvalue weighted by Crippen LogP contribution is 2.18. The summed E-state index contributed by atoms with van der Waals surface area (Å²) in [6.45, 7) is 3.15. The third kappa shape index (κ3) is 3.20. The molecule has 0 fully saturated rings. The van der Waals surface area contributed by atoms with E-state index in [0.29, 0.717) is 9.81 Å². The quantitative estimate of drug-likeness (QED) is 0.286. The number of aliphatic hydroxyl groups is 1. The summed E-state index contributed by atoms with van der Waals surface area (Å²) in [6.07, 6.45) is 1.65. The Kier molecular flexibility index (Phi) is 5.68. The summed E-state index contributed by atoms with van der Waals surface area (Å²) < 4.78 is 0.420. The fraction of sp³-hybridized carbons (Fsp3) is 0.143. The highest BCUT2D eigenvalue weighted by Gasteiger charge is 2.05. The van der Waals surface area contributed by atoms with E-state index in [-0.39, 0.29) is 11.5 Å². The van der Waals surface area contributed by atoms with Gasteiger partial charge in [-0.15, -0.1) is 0 Å². The smallest absolute Gasteiger partial charge is 0.182 e. The van der Waals surface area contributed by atoms with Gasteiger partial charge in [0.1, 0.15) is 6.07 Å². The van der Waals surface area contributed by atoms with E-state index < -0.39 is 0 Å². The molecule has 0 saturated carbocycles. The van der Waals surface area contributed by atoms with Crippen molar-refractivity contribution in [3.63, 3.8) is 0 Å². The molecule has 1 N–H and O–H groups in total. The van der Waals surface area contributed by atoms with Crippen LogP contribution in [0.1, 0.15) is 0 Å². The van der Waals surface area contributed by atoms with Gasteiger partial charge < -0.3 is 5.11 Å². The van der Waals surface area contributed by atoms with Crippen molar-refractivity contribution >= 4 is 38.6 Å². The van der Waals surface area contributed by atoms with Gasteiger partial charge in [0.2, 0.25) is 0 Å². The summed E-state index contributed by atoms with van der Waals surface area (Å²) in [5.41, 5.74) is -0.0981. The molecule has 0 saturated heterocycles. The lowest BCUT2D eigenvalue weighted by Crippen LogP contribution is -1.86. The van der Waals surface area contributed by atoms with Crippen LogP contribution in [0.3, 0.4) is 0 Å². The molecule has 0 aromatic carbocycles. The third-order valence-corrected chi connectivity index (χ3v) is 1.99. The molecule has 0 aliphatic heterocycles. The molecule has 12 heavy (non-hydrogen) atoms. The van der Waals surface area contributed by atoms with Crippen molar-refractivity contribution < 1.29 is 5.11 Å². The fourth-order valence-electron chi connectivity index (χ4n) is 0.441. The van der Waals surface area contributed by atoms with E-state index in [1.807, 2.05) is 0 Å². The van der Waals surface area contributed by atoms with E-state index in [1.54, 1.807) is 12.1 Å². The van der Waals surface area contributed by atoms with Crippen molar-refractivity contribution in [1.29, 1.82) is 5.26 Å². The molecular formula is C7H6Br2N2O. The van der Waals surface area contributed by atoms with Crippen LogP contribution in [0.4, 0.5) is 0 Å². The molecule has 0 aliphatic rings. The molecule has 0 atom stereocenters. The Bertz CT molecular complexity index is 276. The van der Waals surface area contributed by atoms with Gasteiger partial charge in [0.05, 0.1) is 4.48 Å². The molecule has 0 unspecified atom stereocenters. The largest absolute Gasteiger partial charge is 0.504 e. The Morgan fingerprint density at radius 1 is 1.75 bits per heavy atom. The first-order valence-electron chi connectivity index (χ1n) is 2.89. The number of halogens is 2. The summed E-state index contributed by atoms with van der Waals surface area (Å²) in [5, 5.41) is 18.3. The van der Waals surface area contributed by atoms with Crippen LogP contribution >= 0.6 is 31.9 Å². The number of hydrogen-bond donors (Lipinski definition) is 1. The highest BCUT2D eigenvalue weighted by molar-refractivity contribution is 9.12. The summed E-state index contributed by atoms with van der Waals surface area (Å²) in [5.74, 6) is -0.202. The topological polar surface area (TPSA) is 56.4 Å². The van der Waals surface area contributed by atoms with E-state index in [1.165, 1.54) is 0 Å². The molecule has 0 spiro atoms. The van der Waals surface area contributed by atoms with Crippen molar-refractivity contribution in [3.8, 4) is 6.07 Å². The van der Waals surface area contributed by atoms with Gasteiger partial charge in [-0.2, -0.15) is 5.26 Å². The number of allylic oxidation sites excluding steroid dienone is 3. The highest BCUT2D eigenvalue weighted by atomic mass is 79.9. The van der Waals surface area contributed by atoms with Gasteiger partial charge in [-0.3, -0.25) is 0 Å². The molecule has 0 aromatic heterocycles. The van der Waals surface area contributed by atoms with Crippen molar-refractivity contribution in [3.05, 3.63) is 22.0 Å². The van der Waals surface area contributed by atoms with Crippen LogP contribution < -0.4 is 0 Å². The van der Waals surface area contributed by atoms with Crippen molar-refractivity contribution in [1.82, 2.24) is 0 Å². The van der Waals surface area contributed by atoms with Crippen molar-refractivity contribution in [2.45, 2.75) is 0 Å². The monoisotopic (exact) mass is 292 g/mol. The molecule has 0 rings (SSSR count). The van der Waals surface area contributed by atoms with Gasteiger partial charge in [0, 0.05) is 5.33 Å². The van der Waals surface area contributed by atoms with Crippen molar-refractivity contribution in [2.75, 3.05) is 5.33 Å². The first-order valence-corrected chi connectivity index (χ1v) is 4.80. The standard InChI is InChI=1S/C7H6Br2N2O/c1-11-6(4-10)7(12)5(9)2-3-8/h2,12H,1,3H2/b5-2+,7-6+. The molecule has 0 radical (unpaired) electrons. The minimum absolute atomic E-state index is 0.0981. The van der Waals surface area contributed by atoms with E-state index in [2.05, 4.69) is 43.6 Å². The number of hydrogen-bond acceptors (Lipinski definition) is 3. The summed E-state index contributed by atoms with van der Waals surface area (Å²) in [6, 6.07) is 1.71. The van der Waals surface area contributed by atoms with Gasteiger partial charge in [0.25, 0.3) is 0 Å². The number of rotatable bonds is 3. The predicted molar refractivity (Wildman–Crippen MR) is 55.6 cm³/mol. The Morgan fingerprint density at radius 3 is 2.67 bits per heavy atom. The number of alkyl halides is 1. The fourth-order valence-corrected chi connectivity index (χ4v) is 1.55. The van der Waals surface area contributed by atoms with Crippen LogP contribution in [0.15, 0.2) is 27.0 Å². The van der Waals surface area contributed by atoms with Crippen LogP contribution in [0.25, 0.3) is 0 Å². The maximum atomic E-state index is 9.30. The third-order valence-electron chi connectivity index (χ3n) is 0.971. The van der Waals surface area contributed by atoms with Crippen LogP contribution in [0.5, 0.6) is 0 Å². The summed E-state index contributed by atoms with van der Waals surface area (Å²) >= 11 is 6.21. The molecule has 0 aliphatic carbocycles. The summed E-state index contributed by atoms with van der Waals surface area (Å²) in [4.78, 5) is 3.34. The zero-order valence-electron chi connectivity index (χ0n) is 6.09. The minimum atomic E-state index is -0.202. The van der Waals surface area contributed by atoms with Crippen LogP contribution in [0.2, 0.25) is 0 Å².